The number of benzene rings is 1. The number of aromatic nitrogens is 1. The van der Waals surface area contributed by atoms with Crippen LogP contribution in [0.25, 0.3) is 10.9 Å². The van der Waals surface area contributed by atoms with Crippen molar-refractivity contribution >= 4 is 28.9 Å². The molecule has 1 amide bonds. The number of carboxylic acid groups (broad SMARTS) is 2. The van der Waals surface area contributed by atoms with E-state index in [1.165, 1.54) is 33.9 Å². The van der Waals surface area contributed by atoms with Crippen LogP contribution >= 0.6 is 0 Å². The smallest absolute Gasteiger partial charge is 0.410 e. The molecule has 0 radical (unpaired) electrons. The van der Waals surface area contributed by atoms with E-state index in [0.29, 0.717) is 42.6 Å². The number of amides is 1. The number of carbonyl (C=O) groups is 3. The Labute approximate surface area is 178 Å². The third kappa shape index (κ3) is 5.13. The first-order valence-corrected chi connectivity index (χ1v) is 9.91. The Morgan fingerprint density at radius 2 is 1.77 bits per heavy atom. The van der Waals surface area contributed by atoms with Crippen molar-refractivity contribution in [3.8, 4) is 0 Å². The first-order valence-electron chi connectivity index (χ1n) is 9.91. The zero-order valence-electron chi connectivity index (χ0n) is 17.7. The molecule has 1 aliphatic rings. The molecular formula is C21H26FN3O6. The van der Waals surface area contributed by atoms with Crippen molar-refractivity contribution in [1.82, 2.24) is 14.4 Å². The van der Waals surface area contributed by atoms with E-state index in [1.54, 1.807) is 25.7 Å². The summed E-state index contributed by atoms with van der Waals surface area (Å²) in [6.07, 6.45) is 1.00. The van der Waals surface area contributed by atoms with Gasteiger partial charge in [-0.2, -0.15) is 0 Å². The van der Waals surface area contributed by atoms with Crippen molar-refractivity contribution in [2.24, 2.45) is 0 Å². The maximum absolute atomic E-state index is 13.8. The Morgan fingerprint density at radius 3 is 2.32 bits per heavy atom. The minimum Gasteiger partial charge on any atom is -0.480 e. The predicted molar refractivity (Wildman–Crippen MR) is 109 cm³/mol. The van der Waals surface area contributed by atoms with Crippen molar-refractivity contribution in [3.63, 3.8) is 0 Å². The molecule has 1 fully saturated rings. The fourth-order valence-electron chi connectivity index (χ4n) is 3.76. The van der Waals surface area contributed by atoms with Crippen molar-refractivity contribution in [2.75, 3.05) is 26.2 Å². The number of hydrogen-bond donors (Lipinski definition) is 2. The second-order valence-electron chi connectivity index (χ2n) is 8.51. The summed E-state index contributed by atoms with van der Waals surface area (Å²) < 4.78 is 20.5. The molecule has 1 aromatic carbocycles. The Balaban J connectivity index is 1.87. The van der Waals surface area contributed by atoms with E-state index in [1.807, 2.05) is 0 Å². The molecule has 0 spiro atoms. The van der Waals surface area contributed by atoms with E-state index >= 15 is 0 Å². The molecule has 2 N–H and O–H groups in total. The molecule has 168 valence electrons. The Hall–Kier alpha value is -3.14. The largest absolute Gasteiger partial charge is 0.480 e. The van der Waals surface area contributed by atoms with Crippen molar-refractivity contribution < 1.29 is 33.7 Å². The third-order valence-corrected chi connectivity index (χ3v) is 5.04. The minimum atomic E-state index is -1.12. The lowest BCUT2D eigenvalue weighted by Gasteiger charge is -2.38. The predicted octanol–water partition coefficient (Wildman–Crippen LogP) is 2.54. The molecule has 2 aromatic rings. The average molecular weight is 435 g/mol. The van der Waals surface area contributed by atoms with Crippen LogP contribution in [0, 0.1) is 5.82 Å². The zero-order chi connectivity index (χ0) is 22.9. The van der Waals surface area contributed by atoms with Gasteiger partial charge in [-0.25, -0.2) is 9.18 Å². The quantitative estimate of drug-likeness (QED) is 0.742. The van der Waals surface area contributed by atoms with Gasteiger partial charge in [0, 0.05) is 43.3 Å². The number of carboxylic acids is 2. The zero-order valence-corrected chi connectivity index (χ0v) is 17.7. The van der Waals surface area contributed by atoms with E-state index in [9.17, 15) is 29.0 Å². The van der Waals surface area contributed by atoms with E-state index in [-0.39, 0.29) is 0 Å². The Bertz CT molecular complexity index is 1000. The van der Waals surface area contributed by atoms with Gasteiger partial charge in [0.25, 0.3) is 0 Å². The number of fused-ring (bicyclic) bond motifs is 1. The third-order valence-electron chi connectivity index (χ3n) is 5.04. The molecule has 1 aromatic heterocycles. The number of rotatable bonds is 5. The van der Waals surface area contributed by atoms with Crippen LogP contribution in [0.15, 0.2) is 24.4 Å². The van der Waals surface area contributed by atoms with Crippen molar-refractivity contribution in [2.45, 2.75) is 39.0 Å². The van der Waals surface area contributed by atoms with Crippen LogP contribution in [0.3, 0.4) is 0 Å². The SMILES string of the molecule is CC(C)(C)OC(=O)N1CCN(C(C(=O)O)c2cn(CC(=O)O)c3cc(F)ccc23)CC1. The van der Waals surface area contributed by atoms with Gasteiger partial charge < -0.3 is 24.4 Å². The molecule has 1 unspecified atom stereocenters. The summed E-state index contributed by atoms with van der Waals surface area (Å²) in [5, 5.41) is 19.6. The second-order valence-corrected chi connectivity index (χ2v) is 8.51. The van der Waals surface area contributed by atoms with Crippen LogP contribution in [0.5, 0.6) is 0 Å². The summed E-state index contributed by atoms with van der Waals surface area (Å²) in [5.41, 5.74) is 0.0736. The Morgan fingerprint density at radius 1 is 1.13 bits per heavy atom. The normalized spacial score (nSPS) is 16.3. The van der Waals surface area contributed by atoms with Gasteiger partial charge in [-0.3, -0.25) is 14.5 Å². The summed E-state index contributed by atoms with van der Waals surface area (Å²) in [7, 11) is 0. The number of carbonyl (C=O) groups excluding carboxylic acids is 1. The second kappa shape index (κ2) is 8.54. The molecule has 1 saturated heterocycles. The maximum Gasteiger partial charge on any atom is 0.410 e. The highest BCUT2D eigenvalue weighted by Gasteiger charge is 2.34. The molecular weight excluding hydrogens is 409 g/mol. The number of halogens is 1. The lowest BCUT2D eigenvalue weighted by Crippen LogP contribution is -2.51. The molecule has 31 heavy (non-hydrogen) atoms. The minimum absolute atomic E-state index is 0.293. The number of aliphatic carboxylic acids is 2. The molecule has 0 aliphatic carbocycles. The fraction of sp³-hybridized carbons (Fsp3) is 0.476. The highest BCUT2D eigenvalue weighted by molar-refractivity contribution is 5.90. The number of nitrogens with zero attached hydrogens (tertiary/aromatic N) is 3. The lowest BCUT2D eigenvalue weighted by atomic mass is 10.0. The Kier molecular flexibility index (Phi) is 6.21. The number of ether oxygens (including phenoxy) is 1. The molecule has 0 bridgehead atoms. The fourth-order valence-corrected chi connectivity index (χ4v) is 3.76. The topological polar surface area (TPSA) is 112 Å². The van der Waals surface area contributed by atoms with Crippen LogP contribution in [-0.4, -0.2) is 74.4 Å². The highest BCUT2D eigenvalue weighted by Crippen LogP contribution is 2.32. The van der Waals surface area contributed by atoms with Crippen LogP contribution in [0.1, 0.15) is 32.4 Å². The van der Waals surface area contributed by atoms with Crippen LogP contribution < -0.4 is 0 Å². The van der Waals surface area contributed by atoms with Crippen molar-refractivity contribution in [3.05, 3.63) is 35.8 Å². The summed E-state index contributed by atoms with van der Waals surface area (Å²) in [4.78, 5) is 38.9. The van der Waals surface area contributed by atoms with Gasteiger partial charge in [-0.15, -0.1) is 0 Å². The first-order chi connectivity index (χ1) is 14.5. The highest BCUT2D eigenvalue weighted by atomic mass is 19.1. The van der Waals surface area contributed by atoms with Crippen LogP contribution in [0.4, 0.5) is 9.18 Å². The summed E-state index contributed by atoms with van der Waals surface area (Å²) >= 11 is 0. The van der Waals surface area contributed by atoms with Gasteiger partial charge >= 0.3 is 18.0 Å². The van der Waals surface area contributed by atoms with E-state index < -0.39 is 42.0 Å². The lowest BCUT2D eigenvalue weighted by molar-refractivity contribution is -0.144. The van der Waals surface area contributed by atoms with Gasteiger partial charge in [0.1, 0.15) is 24.0 Å². The molecule has 2 heterocycles. The molecule has 3 rings (SSSR count). The van der Waals surface area contributed by atoms with E-state index in [2.05, 4.69) is 0 Å². The van der Waals surface area contributed by atoms with Crippen LogP contribution in [-0.2, 0) is 20.9 Å². The monoisotopic (exact) mass is 435 g/mol. The van der Waals surface area contributed by atoms with Gasteiger partial charge in [-0.05, 0) is 39.0 Å². The maximum atomic E-state index is 13.8. The summed E-state index contributed by atoms with van der Waals surface area (Å²) in [6, 6.07) is 2.81. The molecule has 0 saturated carbocycles. The van der Waals surface area contributed by atoms with Crippen molar-refractivity contribution in [1.29, 1.82) is 0 Å². The van der Waals surface area contributed by atoms with Gasteiger partial charge in [-0.1, -0.05) is 0 Å². The molecule has 1 aliphatic heterocycles. The van der Waals surface area contributed by atoms with Gasteiger partial charge in [0.15, 0.2) is 0 Å². The summed E-state index contributed by atoms with van der Waals surface area (Å²) in [5.74, 6) is -2.77. The van der Waals surface area contributed by atoms with E-state index in [4.69, 9.17) is 4.74 Å². The van der Waals surface area contributed by atoms with Gasteiger partial charge in [0.2, 0.25) is 0 Å². The standard InChI is InChI=1S/C21H26FN3O6/c1-21(2,3)31-20(30)24-8-6-23(7-9-24)18(19(28)29)15-11-25(12-17(26)27)16-10-13(22)4-5-14(15)16/h4-5,10-11,18H,6-9,12H2,1-3H3,(H,26,27)(H,28,29). The molecule has 10 heteroatoms. The molecule has 9 nitrogen and oxygen atoms in total. The average Bonchev–Trinajstić information content (AvgIpc) is 2.97. The summed E-state index contributed by atoms with van der Waals surface area (Å²) in [6.45, 7) is 6.08. The number of hydrogen-bond acceptors (Lipinski definition) is 5. The first kappa shape index (κ1) is 22.5. The number of piperazine rings is 1. The van der Waals surface area contributed by atoms with Gasteiger partial charge in [0.05, 0.1) is 5.52 Å². The van der Waals surface area contributed by atoms with E-state index in [0.717, 1.165) is 0 Å². The van der Waals surface area contributed by atoms with Crippen LogP contribution in [0.2, 0.25) is 0 Å². The molecule has 1 atom stereocenters.